The maximum Gasteiger partial charge on any atom is 0.0485 e. The normalized spacial score (nSPS) is 17.8. The van der Waals surface area contributed by atoms with Gasteiger partial charge in [0.25, 0.3) is 0 Å². The number of halogens is 2. The fourth-order valence-electron chi connectivity index (χ4n) is 3.96. The Bertz CT molecular complexity index is 890. The van der Waals surface area contributed by atoms with E-state index in [0.29, 0.717) is 10.9 Å². The van der Waals surface area contributed by atoms with Crippen LogP contribution < -0.4 is 0 Å². The van der Waals surface area contributed by atoms with Crippen molar-refractivity contribution in [3.8, 4) is 11.1 Å². The van der Waals surface area contributed by atoms with Gasteiger partial charge in [0.2, 0.25) is 0 Å². The molecular formula is C24H23Cl2N. The number of likely N-dealkylation sites (tertiary alicyclic amines) is 1. The predicted molar refractivity (Wildman–Crippen MR) is 116 cm³/mol. The Balaban J connectivity index is 1.44. The van der Waals surface area contributed by atoms with Gasteiger partial charge in [0.15, 0.2) is 0 Å². The molecule has 1 fully saturated rings. The summed E-state index contributed by atoms with van der Waals surface area (Å²) < 4.78 is 0. The highest BCUT2D eigenvalue weighted by Gasteiger charge is 2.21. The molecule has 1 unspecified atom stereocenters. The summed E-state index contributed by atoms with van der Waals surface area (Å²) in [5.41, 5.74) is 4.89. The first kappa shape index (κ1) is 18.6. The maximum absolute atomic E-state index is 6.33. The van der Waals surface area contributed by atoms with Gasteiger partial charge >= 0.3 is 0 Å². The van der Waals surface area contributed by atoms with Gasteiger partial charge in [-0.25, -0.2) is 0 Å². The fraction of sp³-hybridized carbons (Fsp3) is 0.250. The predicted octanol–water partition coefficient (Wildman–Crippen LogP) is 7.04. The first-order valence-electron chi connectivity index (χ1n) is 9.51. The van der Waals surface area contributed by atoms with Crippen LogP contribution in [-0.2, 0) is 6.54 Å². The molecular weight excluding hydrogens is 373 g/mol. The minimum atomic E-state index is 0.643. The molecule has 1 saturated heterocycles. The van der Waals surface area contributed by atoms with E-state index in [0.717, 1.165) is 29.2 Å². The second-order valence-corrected chi connectivity index (χ2v) is 8.15. The van der Waals surface area contributed by atoms with E-state index in [9.17, 15) is 0 Å². The molecule has 1 aliphatic heterocycles. The van der Waals surface area contributed by atoms with Crippen LogP contribution in [0.5, 0.6) is 0 Å². The molecule has 1 nitrogen and oxygen atoms in total. The quantitative estimate of drug-likeness (QED) is 0.457. The molecule has 0 aromatic heterocycles. The lowest BCUT2D eigenvalue weighted by molar-refractivity contribution is 0.200. The van der Waals surface area contributed by atoms with Crippen molar-refractivity contribution in [2.75, 3.05) is 13.1 Å². The van der Waals surface area contributed by atoms with Crippen LogP contribution in [0.3, 0.4) is 0 Å². The molecule has 1 heterocycles. The summed E-state index contributed by atoms with van der Waals surface area (Å²) in [7, 11) is 0. The van der Waals surface area contributed by atoms with Crippen molar-refractivity contribution in [1.82, 2.24) is 4.90 Å². The molecule has 0 bridgehead atoms. The second kappa shape index (κ2) is 8.48. The van der Waals surface area contributed by atoms with Crippen molar-refractivity contribution in [2.24, 2.45) is 0 Å². The van der Waals surface area contributed by atoms with E-state index in [1.54, 1.807) is 0 Å². The Morgan fingerprint density at radius 3 is 2.44 bits per heavy atom. The molecule has 0 aliphatic carbocycles. The van der Waals surface area contributed by atoms with Crippen LogP contribution in [-0.4, -0.2) is 18.0 Å². The van der Waals surface area contributed by atoms with Crippen molar-refractivity contribution in [1.29, 1.82) is 0 Å². The number of benzene rings is 3. The van der Waals surface area contributed by atoms with Crippen LogP contribution in [0.4, 0.5) is 0 Å². The number of nitrogens with zero attached hydrogens (tertiary/aromatic N) is 1. The van der Waals surface area contributed by atoms with E-state index in [4.69, 9.17) is 23.2 Å². The number of hydrogen-bond donors (Lipinski definition) is 0. The average molecular weight is 396 g/mol. The molecule has 0 saturated carbocycles. The molecule has 1 aliphatic rings. The Labute approximate surface area is 171 Å². The van der Waals surface area contributed by atoms with Crippen molar-refractivity contribution in [3.05, 3.63) is 94.0 Å². The standard InChI is InChI=1S/C24H23Cl2N/c25-22-12-13-24(26)23(15-22)20-10-8-18(9-11-20)16-27-14-4-7-21(17-27)19-5-2-1-3-6-19/h1-3,5-6,8-13,15,21H,4,7,14,16-17H2. The Morgan fingerprint density at radius 1 is 0.889 bits per heavy atom. The highest BCUT2D eigenvalue weighted by atomic mass is 35.5. The van der Waals surface area contributed by atoms with Gasteiger partial charge in [0.05, 0.1) is 0 Å². The van der Waals surface area contributed by atoms with E-state index >= 15 is 0 Å². The summed E-state index contributed by atoms with van der Waals surface area (Å²) in [6.45, 7) is 3.30. The summed E-state index contributed by atoms with van der Waals surface area (Å²) in [5, 5.41) is 1.44. The lowest BCUT2D eigenvalue weighted by Crippen LogP contribution is -2.33. The molecule has 0 spiro atoms. The molecule has 0 radical (unpaired) electrons. The zero-order valence-electron chi connectivity index (χ0n) is 15.2. The number of piperidine rings is 1. The summed E-state index contributed by atoms with van der Waals surface area (Å²) in [5.74, 6) is 0.643. The SMILES string of the molecule is Clc1ccc(Cl)c(-c2ccc(CN3CCCC(c4ccccc4)C3)cc2)c1. The van der Waals surface area contributed by atoms with E-state index in [1.165, 1.54) is 30.5 Å². The highest BCUT2D eigenvalue weighted by Crippen LogP contribution is 2.31. The summed E-state index contributed by atoms with van der Waals surface area (Å²) in [6, 6.07) is 25.2. The Hall–Kier alpha value is -1.80. The fourth-order valence-corrected chi connectivity index (χ4v) is 4.36. The third-order valence-electron chi connectivity index (χ3n) is 5.38. The smallest absolute Gasteiger partial charge is 0.0485 e. The lowest BCUT2D eigenvalue weighted by Gasteiger charge is -2.33. The Kier molecular flexibility index (Phi) is 5.83. The summed E-state index contributed by atoms with van der Waals surface area (Å²) >= 11 is 12.5. The molecule has 3 aromatic carbocycles. The second-order valence-electron chi connectivity index (χ2n) is 7.31. The van der Waals surface area contributed by atoms with Gasteiger partial charge < -0.3 is 0 Å². The number of rotatable bonds is 4. The number of hydrogen-bond acceptors (Lipinski definition) is 1. The van der Waals surface area contributed by atoms with Crippen LogP contribution >= 0.6 is 23.2 Å². The lowest BCUT2D eigenvalue weighted by atomic mass is 9.90. The van der Waals surface area contributed by atoms with Gasteiger partial charge in [-0.3, -0.25) is 4.90 Å². The minimum Gasteiger partial charge on any atom is -0.298 e. The largest absolute Gasteiger partial charge is 0.298 e. The highest BCUT2D eigenvalue weighted by molar-refractivity contribution is 6.35. The van der Waals surface area contributed by atoms with Gasteiger partial charge in [-0.2, -0.15) is 0 Å². The molecule has 0 N–H and O–H groups in total. The molecule has 3 aromatic rings. The van der Waals surface area contributed by atoms with Crippen molar-refractivity contribution < 1.29 is 0 Å². The summed E-state index contributed by atoms with van der Waals surface area (Å²) in [6.07, 6.45) is 2.54. The first-order valence-corrected chi connectivity index (χ1v) is 10.3. The van der Waals surface area contributed by atoms with Gasteiger partial charge in [-0.1, -0.05) is 77.8 Å². The van der Waals surface area contributed by atoms with Crippen molar-refractivity contribution >= 4 is 23.2 Å². The zero-order valence-corrected chi connectivity index (χ0v) is 16.8. The average Bonchev–Trinajstić information content (AvgIpc) is 2.71. The molecule has 138 valence electrons. The van der Waals surface area contributed by atoms with Gasteiger partial charge in [0, 0.05) is 28.7 Å². The molecule has 0 amide bonds. The van der Waals surface area contributed by atoms with Gasteiger partial charge in [-0.05, 0) is 60.2 Å². The third-order valence-corrected chi connectivity index (χ3v) is 5.94. The molecule has 3 heteroatoms. The molecule has 27 heavy (non-hydrogen) atoms. The van der Waals surface area contributed by atoms with Crippen LogP contribution in [0, 0.1) is 0 Å². The first-order chi connectivity index (χ1) is 13.2. The van der Waals surface area contributed by atoms with Crippen molar-refractivity contribution in [2.45, 2.75) is 25.3 Å². The maximum atomic E-state index is 6.33. The molecule has 4 rings (SSSR count). The van der Waals surface area contributed by atoms with E-state index < -0.39 is 0 Å². The minimum absolute atomic E-state index is 0.643. The van der Waals surface area contributed by atoms with E-state index in [-0.39, 0.29) is 0 Å². The van der Waals surface area contributed by atoms with Crippen LogP contribution in [0.2, 0.25) is 10.0 Å². The van der Waals surface area contributed by atoms with E-state index in [1.807, 2.05) is 18.2 Å². The van der Waals surface area contributed by atoms with Crippen LogP contribution in [0.25, 0.3) is 11.1 Å². The monoisotopic (exact) mass is 395 g/mol. The summed E-state index contributed by atoms with van der Waals surface area (Å²) in [4.78, 5) is 2.57. The third kappa shape index (κ3) is 4.55. The van der Waals surface area contributed by atoms with Crippen LogP contribution in [0.15, 0.2) is 72.8 Å². The molecule has 1 atom stereocenters. The Morgan fingerprint density at radius 2 is 1.67 bits per heavy atom. The topological polar surface area (TPSA) is 3.24 Å². The van der Waals surface area contributed by atoms with Crippen molar-refractivity contribution in [3.63, 3.8) is 0 Å². The van der Waals surface area contributed by atoms with E-state index in [2.05, 4.69) is 59.5 Å². The zero-order chi connectivity index (χ0) is 18.6. The van der Waals surface area contributed by atoms with Gasteiger partial charge in [0.1, 0.15) is 0 Å². The van der Waals surface area contributed by atoms with Gasteiger partial charge in [-0.15, -0.1) is 0 Å². The van der Waals surface area contributed by atoms with Crippen LogP contribution in [0.1, 0.15) is 29.9 Å².